The quantitative estimate of drug-likeness (QED) is 0.758. The van der Waals surface area contributed by atoms with Crippen LogP contribution in [0.15, 0.2) is 6.20 Å². The Morgan fingerprint density at radius 1 is 1.62 bits per heavy atom. The molecule has 1 aromatic rings. The second-order valence-electron chi connectivity index (χ2n) is 4.34. The molecule has 1 N–H and O–H groups in total. The van der Waals surface area contributed by atoms with Crippen molar-refractivity contribution in [3.8, 4) is 0 Å². The lowest BCUT2D eigenvalue weighted by Crippen LogP contribution is -2.32. The molecule has 0 aliphatic carbocycles. The van der Waals surface area contributed by atoms with Crippen LogP contribution < -0.4 is 0 Å². The van der Waals surface area contributed by atoms with E-state index < -0.39 is 5.97 Å². The summed E-state index contributed by atoms with van der Waals surface area (Å²) in [4.78, 5) is 12.6. The van der Waals surface area contributed by atoms with E-state index in [9.17, 15) is 4.79 Å². The number of aliphatic carboxylic acids is 1. The fraction of sp³-hybridized carbons (Fsp3) is 0.700. The van der Waals surface area contributed by atoms with Gasteiger partial charge in [0.25, 0.3) is 0 Å². The number of aromatic nitrogens is 3. The average molecular weight is 226 g/mol. The van der Waals surface area contributed by atoms with E-state index in [1.807, 2.05) is 4.90 Å². The number of aryl methyl sites for hydroxylation is 1. The predicted molar refractivity (Wildman–Crippen MR) is 58.8 cm³/mol. The van der Waals surface area contributed by atoms with Crippen molar-refractivity contribution in [2.75, 3.05) is 13.1 Å². The zero-order valence-corrected chi connectivity index (χ0v) is 9.92. The summed E-state index contributed by atoms with van der Waals surface area (Å²) in [7, 11) is 1.79. The normalized spacial score (nSPS) is 11.3. The van der Waals surface area contributed by atoms with Crippen molar-refractivity contribution < 1.29 is 9.90 Å². The highest BCUT2D eigenvalue weighted by Crippen LogP contribution is 2.04. The fourth-order valence-electron chi connectivity index (χ4n) is 1.59. The molecule has 6 nitrogen and oxygen atoms in total. The maximum Gasteiger partial charge on any atom is 0.317 e. The van der Waals surface area contributed by atoms with Crippen LogP contribution in [-0.4, -0.2) is 44.1 Å². The van der Waals surface area contributed by atoms with E-state index >= 15 is 0 Å². The first-order chi connectivity index (χ1) is 7.47. The Hall–Kier alpha value is -1.43. The molecular weight excluding hydrogens is 208 g/mol. The molecule has 0 saturated heterocycles. The molecule has 1 aromatic heterocycles. The molecule has 0 atom stereocenters. The van der Waals surface area contributed by atoms with Gasteiger partial charge in [-0.2, -0.15) is 0 Å². The van der Waals surface area contributed by atoms with Gasteiger partial charge in [-0.05, 0) is 5.92 Å². The largest absolute Gasteiger partial charge is 0.480 e. The number of carboxylic acid groups (broad SMARTS) is 1. The molecule has 0 aliphatic rings. The van der Waals surface area contributed by atoms with E-state index in [0.717, 1.165) is 12.2 Å². The van der Waals surface area contributed by atoms with Crippen molar-refractivity contribution in [1.29, 1.82) is 0 Å². The Bertz CT molecular complexity index is 348. The van der Waals surface area contributed by atoms with Crippen LogP contribution in [0.4, 0.5) is 0 Å². The van der Waals surface area contributed by atoms with Gasteiger partial charge in [0.2, 0.25) is 0 Å². The molecule has 0 fully saturated rings. The minimum Gasteiger partial charge on any atom is -0.480 e. The molecule has 6 heteroatoms. The topological polar surface area (TPSA) is 71.2 Å². The smallest absolute Gasteiger partial charge is 0.317 e. The maximum atomic E-state index is 10.7. The fourth-order valence-corrected chi connectivity index (χ4v) is 1.59. The molecule has 0 bridgehead atoms. The zero-order chi connectivity index (χ0) is 12.1. The minimum absolute atomic E-state index is 0.0365. The molecule has 90 valence electrons. The van der Waals surface area contributed by atoms with Gasteiger partial charge in [-0.25, -0.2) is 0 Å². The maximum absolute atomic E-state index is 10.7. The summed E-state index contributed by atoms with van der Waals surface area (Å²) < 4.78 is 1.61. The Morgan fingerprint density at radius 3 is 2.75 bits per heavy atom. The molecule has 0 unspecified atom stereocenters. The summed E-state index contributed by atoms with van der Waals surface area (Å²) in [6.45, 7) is 5.42. The van der Waals surface area contributed by atoms with Crippen molar-refractivity contribution in [3.63, 3.8) is 0 Å². The SMILES string of the molecule is CC(C)CN(CC(=O)O)Cc1cn(C)nn1. The van der Waals surface area contributed by atoms with Gasteiger partial charge < -0.3 is 5.11 Å². The lowest BCUT2D eigenvalue weighted by Gasteiger charge is -2.20. The van der Waals surface area contributed by atoms with Crippen molar-refractivity contribution in [1.82, 2.24) is 19.9 Å². The molecule has 0 aliphatic heterocycles. The molecule has 0 saturated carbocycles. The Kier molecular flexibility index (Phi) is 4.42. The van der Waals surface area contributed by atoms with Gasteiger partial charge in [-0.1, -0.05) is 19.1 Å². The standard InChI is InChI=1S/C10H18N4O2/c1-8(2)4-14(7-10(15)16)6-9-5-13(3)12-11-9/h5,8H,4,6-7H2,1-3H3,(H,15,16). The van der Waals surface area contributed by atoms with Gasteiger partial charge in [0.05, 0.1) is 12.2 Å². The van der Waals surface area contributed by atoms with Crippen LogP contribution in [0.2, 0.25) is 0 Å². The summed E-state index contributed by atoms with van der Waals surface area (Å²) in [5.41, 5.74) is 0.796. The first kappa shape index (κ1) is 12.6. The lowest BCUT2D eigenvalue weighted by atomic mass is 10.2. The van der Waals surface area contributed by atoms with Crippen LogP contribution >= 0.6 is 0 Å². The Balaban J connectivity index is 2.58. The molecular formula is C10H18N4O2. The lowest BCUT2D eigenvalue weighted by molar-refractivity contribution is -0.138. The van der Waals surface area contributed by atoms with Gasteiger partial charge in [-0.3, -0.25) is 14.4 Å². The summed E-state index contributed by atoms with van der Waals surface area (Å²) in [5, 5.41) is 16.6. The first-order valence-corrected chi connectivity index (χ1v) is 5.26. The summed E-state index contributed by atoms with van der Waals surface area (Å²) in [6.07, 6.45) is 1.80. The van der Waals surface area contributed by atoms with Gasteiger partial charge >= 0.3 is 5.97 Å². The van der Waals surface area contributed by atoms with Gasteiger partial charge in [-0.15, -0.1) is 5.10 Å². The van der Waals surface area contributed by atoms with Crippen molar-refractivity contribution in [2.24, 2.45) is 13.0 Å². The predicted octanol–water partition coefficient (Wildman–Crippen LogP) is 0.358. The highest BCUT2D eigenvalue weighted by molar-refractivity contribution is 5.69. The number of rotatable bonds is 6. The van der Waals surface area contributed by atoms with E-state index in [4.69, 9.17) is 5.11 Å². The Morgan fingerprint density at radius 2 is 2.31 bits per heavy atom. The van der Waals surface area contributed by atoms with Crippen molar-refractivity contribution >= 4 is 5.97 Å². The molecule has 0 spiro atoms. The van der Waals surface area contributed by atoms with Crippen LogP contribution in [0.25, 0.3) is 0 Å². The van der Waals surface area contributed by atoms with Crippen LogP contribution in [0.1, 0.15) is 19.5 Å². The van der Waals surface area contributed by atoms with Gasteiger partial charge in [0, 0.05) is 26.3 Å². The second-order valence-corrected chi connectivity index (χ2v) is 4.34. The molecule has 1 heterocycles. The number of hydrogen-bond donors (Lipinski definition) is 1. The third-order valence-corrected chi connectivity index (χ3v) is 2.02. The molecule has 16 heavy (non-hydrogen) atoms. The highest BCUT2D eigenvalue weighted by atomic mass is 16.4. The van der Waals surface area contributed by atoms with Crippen LogP contribution in [0.3, 0.4) is 0 Å². The van der Waals surface area contributed by atoms with Gasteiger partial charge in [0.15, 0.2) is 0 Å². The Labute approximate surface area is 94.9 Å². The third kappa shape index (κ3) is 4.39. The number of carboxylic acids is 1. The van der Waals surface area contributed by atoms with E-state index in [2.05, 4.69) is 24.2 Å². The summed E-state index contributed by atoms with van der Waals surface area (Å²) >= 11 is 0. The van der Waals surface area contributed by atoms with E-state index in [1.165, 1.54) is 0 Å². The molecule has 0 radical (unpaired) electrons. The minimum atomic E-state index is -0.815. The molecule has 1 rings (SSSR count). The van der Waals surface area contributed by atoms with E-state index in [-0.39, 0.29) is 6.54 Å². The van der Waals surface area contributed by atoms with Crippen LogP contribution in [0, 0.1) is 5.92 Å². The highest BCUT2D eigenvalue weighted by Gasteiger charge is 2.13. The molecule has 0 amide bonds. The monoisotopic (exact) mass is 226 g/mol. The van der Waals surface area contributed by atoms with Crippen molar-refractivity contribution in [2.45, 2.75) is 20.4 Å². The number of nitrogens with zero attached hydrogens (tertiary/aromatic N) is 4. The summed E-state index contributed by atoms with van der Waals surface area (Å²) in [5.74, 6) is -0.388. The van der Waals surface area contributed by atoms with Crippen LogP contribution in [-0.2, 0) is 18.4 Å². The third-order valence-electron chi connectivity index (χ3n) is 2.02. The summed E-state index contributed by atoms with van der Waals surface area (Å²) in [6, 6.07) is 0. The molecule has 0 aromatic carbocycles. The number of hydrogen-bond acceptors (Lipinski definition) is 4. The van der Waals surface area contributed by atoms with E-state index in [0.29, 0.717) is 12.5 Å². The number of carbonyl (C=O) groups is 1. The average Bonchev–Trinajstić information content (AvgIpc) is 2.48. The first-order valence-electron chi connectivity index (χ1n) is 5.26. The second kappa shape index (κ2) is 5.60. The van der Waals surface area contributed by atoms with Gasteiger partial charge in [0.1, 0.15) is 0 Å². The zero-order valence-electron chi connectivity index (χ0n) is 9.92. The van der Waals surface area contributed by atoms with E-state index in [1.54, 1.807) is 17.9 Å². The van der Waals surface area contributed by atoms with Crippen LogP contribution in [0.5, 0.6) is 0 Å². The van der Waals surface area contributed by atoms with Crippen molar-refractivity contribution in [3.05, 3.63) is 11.9 Å².